The van der Waals surface area contributed by atoms with Crippen LogP contribution in [0.4, 0.5) is 17.1 Å². The summed E-state index contributed by atoms with van der Waals surface area (Å²) < 4.78 is 0. The highest BCUT2D eigenvalue weighted by Crippen LogP contribution is 2.28. The summed E-state index contributed by atoms with van der Waals surface area (Å²) in [5.41, 5.74) is 4.67. The lowest BCUT2D eigenvalue weighted by Gasteiger charge is -2.15. The van der Waals surface area contributed by atoms with E-state index in [9.17, 15) is 24.5 Å². The van der Waals surface area contributed by atoms with Crippen LogP contribution in [-0.4, -0.2) is 27.9 Å². The van der Waals surface area contributed by atoms with Crippen molar-refractivity contribution in [3.8, 4) is 11.1 Å². The third kappa shape index (κ3) is 8.83. The van der Waals surface area contributed by atoms with Crippen LogP contribution in [0.1, 0.15) is 28.4 Å². The second-order valence-electron chi connectivity index (χ2n) is 10.9. The Bertz CT molecular complexity index is 1980. The number of benzene rings is 5. The molecule has 0 heterocycles. The number of carbonyl (C=O) groups is 3. The van der Waals surface area contributed by atoms with Crippen LogP contribution in [0.3, 0.4) is 0 Å². The van der Waals surface area contributed by atoms with Gasteiger partial charge < -0.3 is 16.0 Å². The number of thioether (sulfide) groups is 1. The van der Waals surface area contributed by atoms with E-state index in [1.54, 1.807) is 74.5 Å². The average Bonchev–Trinajstić information content (AvgIpc) is 3.10. The molecule has 0 saturated carbocycles. The van der Waals surface area contributed by atoms with Crippen LogP contribution >= 0.6 is 11.8 Å². The van der Waals surface area contributed by atoms with Crippen LogP contribution < -0.4 is 16.0 Å². The smallest absolute Gasteiger partial charge is 0.272 e. The maximum atomic E-state index is 13.6. The van der Waals surface area contributed by atoms with Gasteiger partial charge in [0.1, 0.15) is 5.70 Å². The molecular weight excluding hydrogens is 625 g/mol. The van der Waals surface area contributed by atoms with Crippen molar-refractivity contribution in [2.75, 3.05) is 10.6 Å². The van der Waals surface area contributed by atoms with Crippen LogP contribution in [0.25, 0.3) is 17.2 Å². The Morgan fingerprint density at radius 1 is 0.771 bits per heavy atom. The second kappa shape index (κ2) is 15.5. The molecule has 9 nitrogen and oxygen atoms in total. The van der Waals surface area contributed by atoms with E-state index in [0.29, 0.717) is 27.4 Å². The third-order valence-corrected chi connectivity index (χ3v) is 8.42. The SMILES string of the molecule is Cc1ccc([N+](=O)[O-])cc1NC(=O)C(C)Sc1cccc(NC(=O)/C(=C\c2ccc(-c3ccccc3)cc2)NC(=O)c2ccccc2)c1. The molecule has 5 aromatic carbocycles. The van der Waals surface area contributed by atoms with Gasteiger partial charge >= 0.3 is 0 Å². The molecule has 0 aliphatic carbocycles. The van der Waals surface area contributed by atoms with Crippen molar-refractivity contribution in [3.05, 3.63) is 160 Å². The van der Waals surface area contributed by atoms with Crippen LogP contribution in [0.15, 0.2) is 138 Å². The minimum absolute atomic E-state index is 0.0504. The molecule has 240 valence electrons. The topological polar surface area (TPSA) is 130 Å². The molecule has 0 bridgehead atoms. The van der Waals surface area contributed by atoms with E-state index in [1.807, 2.05) is 60.7 Å². The summed E-state index contributed by atoms with van der Waals surface area (Å²) in [6, 6.07) is 37.5. The maximum absolute atomic E-state index is 13.6. The lowest BCUT2D eigenvalue weighted by atomic mass is 10.0. The zero-order valence-electron chi connectivity index (χ0n) is 26.2. The van der Waals surface area contributed by atoms with Gasteiger partial charge in [0.05, 0.1) is 15.9 Å². The van der Waals surface area contributed by atoms with Crippen molar-refractivity contribution in [2.45, 2.75) is 24.0 Å². The van der Waals surface area contributed by atoms with Crippen molar-refractivity contribution in [1.29, 1.82) is 0 Å². The van der Waals surface area contributed by atoms with Crippen LogP contribution in [0.2, 0.25) is 0 Å². The molecule has 3 amide bonds. The number of hydrogen-bond donors (Lipinski definition) is 3. The number of nitrogens with zero attached hydrogens (tertiary/aromatic N) is 1. The number of non-ortho nitro benzene ring substituents is 1. The Balaban J connectivity index is 1.31. The standard InChI is InChI=1S/C38H32N4O5S/c1-25-16-21-32(42(46)47)24-34(25)40-36(43)26(2)48-33-15-9-14-31(23-33)39-38(45)35(41-37(44)30-12-7-4-8-13-30)22-27-17-19-29(20-18-27)28-10-5-3-6-11-28/h3-24,26H,1-2H3,(H,39,45)(H,40,43)(H,41,44)/b35-22+. The van der Waals surface area contributed by atoms with Crippen molar-refractivity contribution in [2.24, 2.45) is 0 Å². The van der Waals surface area contributed by atoms with Gasteiger partial charge in [0.2, 0.25) is 5.91 Å². The third-order valence-electron chi connectivity index (χ3n) is 7.32. The minimum Gasteiger partial charge on any atom is -0.325 e. The van der Waals surface area contributed by atoms with Gasteiger partial charge in [-0.05, 0) is 72.5 Å². The monoisotopic (exact) mass is 656 g/mol. The fraction of sp³-hybridized carbons (Fsp3) is 0.0789. The van der Waals surface area contributed by atoms with E-state index >= 15 is 0 Å². The number of hydrogen-bond acceptors (Lipinski definition) is 6. The molecule has 5 rings (SSSR count). The van der Waals surface area contributed by atoms with Crippen molar-refractivity contribution >= 4 is 52.6 Å². The van der Waals surface area contributed by atoms with E-state index in [2.05, 4.69) is 16.0 Å². The largest absolute Gasteiger partial charge is 0.325 e. The molecule has 0 aliphatic rings. The summed E-state index contributed by atoms with van der Waals surface area (Å²) in [4.78, 5) is 51.0. The molecule has 0 aliphatic heterocycles. The zero-order chi connectivity index (χ0) is 34.0. The number of nitro groups is 1. The summed E-state index contributed by atoms with van der Waals surface area (Å²) in [7, 11) is 0. The summed E-state index contributed by atoms with van der Waals surface area (Å²) in [5.74, 6) is -1.29. The van der Waals surface area contributed by atoms with Gasteiger partial charge in [-0.1, -0.05) is 84.9 Å². The summed E-state index contributed by atoms with van der Waals surface area (Å²) >= 11 is 1.27. The lowest BCUT2D eigenvalue weighted by Crippen LogP contribution is -2.30. The van der Waals surface area contributed by atoms with Gasteiger partial charge in [0.25, 0.3) is 17.5 Å². The highest BCUT2D eigenvalue weighted by molar-refractivity contribution is 8.00. The molecule has 0 spiro atoms. The number of rotatable bonds is 11. The van der Waals surface area contributed by atoms with Gasteiger partial charge in [-0.3, -0.25) is 24.5 Å². The van der Waals surface area contributed by atoms with E-state index in [-0.39, 0.29) is 17.3 Å². The first-order chi connectivity index (χ1) is 23.2. The Labute approximate surface area is 282 Å². The predicted octanol–water partition coefficient (Wildman–Crippen LogP) is 8.10. The van der Waals surface area contributed by atoms with E-state index in [4.69, 9.17) is 0 Å². The fourth-order valence-electron chi connectivity index (χ4n) is 4.71. The molecule has 0 aromatic heterocycles. The Morgan fingerprint density at radius 3 is 2.12 bits per heavy atom. The molecular formula is C38H32N4O5S. The first-order valence-electron chi connectivity index (χ1n) is 15.0. The van der Waals surface area contributed by atoms with E-state index in [0.717, 1.165) is 16.7 Å². The van der Waals surface area contributed by atoms with Crippen LogP contribution in [-0.2, 0) is 9.59 Å². The molecule has 3 N–H and O–H groups in total. The highest BCUT2D eigenvalue weighted by atomic mass is 32.2. The number of nitro benzene ring substituents is 1. The summed E-state index contributed by atoms with van der Waals surface area (Å²) in [6.45, 7) is 3.48. The zero-order valence-corrected chi connectivity index (χ0v) is 27.0. The molecule has 10 heteroatoms. The number of aryl methyl sites for hydroxylation is 1. The van der Waals surface area contributed by atoms with Crippen molar-refractivity contribution < 1.29 is 19.3 Å². The van der Waals surface area contributed by atoms with Crippen LogP contribution in [0.5, 0.6) is 0 Å². The number of nitrogens with one attached hydrogen (secondary N) is 3. The lowest BCUT2D eigenvalue weighted by molar-refractivity contribution is -0.384. The summed E-state index contributed by atoms with van der Waals surface area (Å²) in [5, 5.41) is 19.0. The molecule has 1 atom stereocenters. The fourth-order valence-corrected chi connectivity index (χ4v) is 5.63. The second-order valence-corrected chi connectivity index (χ2v) is 12.3. The van der Waals surface area contributed by atoms with Crippen molar-refractivity contribution in [3.63, 3.8) is 0 Å². The molecule has 0 saturated heterocycles. The highest BCUT2D eigenvalue weighted by Gasteiger charge is 2.19. The van der Waals surface area contributed by atoms with E-state index < -0.39 is 22.0 Å². The molecule has 0 radical (unpaired) electrons. The molecule has 0 fully saturated rings. The number of carbonyl (C=O) groups excluding carboxylic acids is 3. The van der Waals surface area contributed by atoms with Gasteiger partial charge in [-0.2, -0.15) is 0 Å². The Morgan fingerprint density at radius 2 is 1.44 bits per heavy atom. The quantitative estimate of drug-likeness (QED) is 0.0570. The average molecular weight is 657 g/mol. The van der Waals surface area contributed by atoms with Gasteiger partial charge in [-0.15, -0.1) is 11.8 Å². The van der Waals surface area contributed by atoms with E-state index in [1.165, 1.54) is 23.9 Å². The first-order valence-corrected chi connectivity index (χ1v) is 15.9. The minimum atomic E-state index is -0.561. The Kier molecular flexibility index (Phi) is 10.8. The van der Waals surface area contributed by atoms with Gasteiger partial charge in [0.15, 0.2) is 0 Å². The Hall–Kier alpha value is -6.00. The first kappa shape index (κ1) is 33.4. The maximum Gasteiger partial charge on any atom is 0.272 e. The summed E-state index contributed by atoms with van der Waals surface area (Å²) in [6.07, 6.45) is 1.62. The van der Waals surface area contributed by atoms with Crippen molar-refractivity contribution in [1.82, 2.24) is 5.32 Å². The number of amides is 3. The predicted molar refractivity (Wildman–Crippen MR) is 191 cm³/mol. The normalized spacial score (nSPS) is 11.7. The van der Waals surface area contributed by atoms with Gasteiger partial charge in [0, 0.05) is 28.3 Å². The number of anilines is 2. The molecule has 5 aromatic rings. The van der Waals surface area contributed by atoms with Gasteiger partial charge in [-0.25, -0.2) is 0 Å². The molecule has 48 heavy (non-hydrogen) atoms. The molecule has 1 unspecified atom stereocenters. The van der Waals surface area contributed by atoms with Crippen LogP contribution in [0, 0.1) is 17.0 Å².